The summed E-state index contributed by atoms with van der Waals surface area (Å²) >= 11 is 5.13. The molecule has 1 aliphatic heterocycles. The Labute approximate surface area is 107 Å². The van der Waals surface area contributed by atoms with Crippen LogP contribution in [0.3, 0.4) is 0 Å². The van der Waals surface area contributed by atoms with Crippen molar-refractivity contribution in [3.05, 3.63) is 23.4 Å². The van der Waals surface area contributed by atoms with Gasteiger partial charge >= 0.3 is 0 Å². The first-order valence-corrected chi connectivity index (χ1v) is 6.19. The Kier molecular flexibility index (Phi) is 3.59. The zero-order valence-electron chi connectivity index (χ0n) is 10.3. The molecule has 1 aromatic heterocycles. The zero-order chi connectivity index (χ0) is 12.4. The molecular weight excluding hydrogens is 232 g/mol. The number of aromatic nitrogens is 1. The molecule has 2 rings (SSSR count). The van der Waals surface area contributed by atoms with Crippen LogP contribution in [0.1, 0.15) is 11.1 Å². The second-order valence-corrected chi connectivity index (χ2v) is 4.92. The average molecular weight is 250 g/mol. The van der Waals surface area contributed by atoms with E-state index in [0.717, 1.165) is 43.1 Å². The molecular formula is C12H18N4S. The molecule has 2 heterocycles. The monoisotopic (exact) mass is 250 g/mol. The fourth-order valence-electron chi connectivity index (χ4n) is 2.11. The molecule has 0 aliphatic carbocycles. The van der Waals surface area contributed by atoms with Crippen LogP contribution in [0.15, 0.2) is 12.3 Å². The van der Waals surface area contributed by atoms with Crippen molar-refractivity contribution in [2.75, 3.05) is 38.1 Å². The highest BCUT2D eigenvalue weighted by atomic mass is 32.1. The molecule has 0 bridgehead atoms. The molecule has 0 aromatic carbocycles. The van der Waals surface area contributed by atoms with Crippen LogP contribution < -0.4 is 10.6 Å². The van der Waals surface area contributed by atoms with Gasteiger partial charge in [-0.2, -0.15) is 0 Å². The van der Waals surface area contributed by atoms with Crippen LogP contribution in [0.5, 0.6) is 0 Å². The number of anilines is 1. The highest BCUT2D eigenvalue weighted by Crippen LogP contribution is 2.21. The lowest BCUT2D eigenvalue weighted by atomic mass is 10.1. The largest absolute Gasteiger partial charge is 0.389 e. The molecule has 0 atom stereocenters. The minimum absolute atomic E-state index is 0.435. The zero-order valence-corrected chi connectivity index (χ0v) is 11.1. The number of aryl methyl sites for hydroxylation is 1. The van der Waals surface area contributed by atoms with Crippen LogP contribution >= 0.6 is 12.2 Å². The molecule has 1 saturated heterocycles. The maximum absolute atomic E-state index is 5.80. The lowest BCUT2D eigenvalue weighted by Crippen LogP contribution is -2.45. The maximum atomic E-state index is 5.80. The smallest absolute Gasteiger partial charge is 0.139 e. The van der Waals surface area contributed by atoms with Gasteiger partial charge in [-0.25, -0.2) is 4.98 Å². The van der Waals surface area contributed by atoms with Crippen molar-refractivity contribution >= 4 is 23.0 Å². The summed E-state index contributed by atoms with van der Waals surface area (Å²) in [5, 5.41) is 0. The van der Waals surface area contributed by atoms with Crippen molar-refractivity contribution in [3.63, 3.8) is 0 Å². The van der Waals surface area contributed by atoms with E-state index >= 15 is 0 Å². The molecule has 92 valence electrons. The number of likely N-dealkylation sites (N-methyl/N-ethyl adjacent to an activating group) is 1. The maximum Gasteiger partial charge on any atom is 0.139 e. The molecule has 0 unspecified atom stereocenters. The van der Waals surface area contributed by atoms with Crippen molar-refractivity contribution in [3.8, 4) is 0 Å². The fraction of sp³-hybridized carbons (Fsp3) is 0.500. The third-order valence-electron chi connectivity index (χ3n) is 3.19. The Morgan fingerprint density at radius 2 is 2.00 bits per heavy atom. The lowest BCUT2D eigenvalue weighted by Gasteiger charge is -2.34. The second-order valence-electron chi connectivity index (χ2n) is 4.48. The van der Waals surface area contributed by atoms with Gasteiger partial charge in [-0.3, -0.25) is 0 Å². The van der Waals surface area contributed by atoms with Gasteiger partial charge in [-0.05, 0) is 25.6 Å². The number of piperazine rings is 1. The van der Waals surface area contributed by atoms with E-state index in [0.29, 0.717) is 4.99 Å². The predicted molar refractivity (Wildman–Crippen MR) is 74.6 cm³/mol. The molecule has 1 aromatic rings. The van der Waals surface area contributed by atoms with E-state index in [9.17, 15) is 0 Å². The number of thiocarbonyl (C=S) groups is 1. The third kappa shape index (κ3) is 2.56. The minimum atomic E-state index is 0.435. The van der Waals surface area contributed by atoms with E-state index in [-0.39, 0.29) is 0 Å². The van der Waals surface area contributed by atoms with Gasteiger partial charge in [0.2, 0.25) is 0 Å². The topological polar surface area (TPSA) is 45.4 Å². The first kappa shape index (κ1) is 12.3. The molecule has 0 spiro atoms. The van der Waals surface area contributed by atoms with E-state index < -0.39 is 0 Å². The average Bonchev–Trinajstić information content (AvgIpc) is 2.29. The molecule has 5 heteroatoms. The van der Waals surface area contributed by atoms with Crippen LogP contribution in [-0.4, -0.2) is 48.1 Å². The van der Waals surface area contributed by atoms with E-state index in [1.165, 1.54) is 0 Å². The Morgan fingerprint density at radius 3 is 2.59 bits per heavy atom. The van der Waals surface area contributed by atoms with Crippen molar-refractivity contribution in [1.29, 1.82) is 0 Å². The summed E-state index contributed by atoms with van der Waals surface area (Å²) in [7, 11) is 2.13. The van der Waals surface area contributed by atoms with Crippen LogP contribution in [-0.2, 0) is 0 Å². The molecule has 0 radical (unpaired) electrons. The molecule has 0 amide bonds. The molecule has 1 aliphatic rings. The van der Waals surface area contributed by atoms with Gasteiger partial charge in [0.05, 0.1) is 5.56 Å². The Balaban J connectivity index is 2.32. The number of hydrogen-bond donors (Lipinski definition) is 1. The van der Waals surface area contributed by atoms with E-state index in [4.69, 9.17) is 18.0 Å². The molecule has 2 N–H and O–H groups in total. The van der Waals surface area contributed by atoms with Gasteiger partial charge in [0.1, 0.15) is 10.8 Å². The first-order chi connectivity index (χ1) is 8.09. The number of pyridine rings is 1. The predicted octanol–water partition coefficient (Wildman–Crippen LogP) is 0.776. The summed E-state index contributed by atoms with van der Waals surface area (Å²) in [4.78, 5) is 9.46. The summed E-state index contributed by atoms with van der Waals surface area (Å²) in [5.74, 6) is 0.936. The number of rotatable bonds is 2. The summed E-state index contributed by atoms with van der Waals surface area (Å²) < 4.78 is 0. The third-order valence-corrected chi connectivity index (χ3v) is 3.39. The van der Waals surface area contributed by atoms with E-state index in [1.54, 1.807) is 0 Å². The van der Waals surface area contributed by atoms with Gasteiger partial charge in [-0.15, -0.1) is 0 Å². The SMILES string of the molecule is Cc1ccnc(N2CCN(C)CC2)c1C(N)=S. The van der Waals surface area contributed by atoms with Crippen molar-refractivity contribution in [1.82, 2.24) is 9.88 Å². The van der Waals surface area contributed by atoms with Crippen molar-refractivity contribution in [2.24, 2.45) is 5.73 Å². The quantitative estimate of drug-likeness (QED) is 0.786. The first-order valence-electron chi connectivity index (χ1n) is 5.78. The minimum Gasteiger partial charge on any atom is -0.389 e. The Bertz CT molecular complexity index is 425. The Morgan fingerprint density at radius 1 is 1.35 bits per heavy atom. The van der Waals surface area contributed by atoms with Crippen LogP contribution in [0.25, 0.3) is 0 Å². The highest BCUT2D eigenvalue weighted by molar-refractivity contribution is 7.80. The summed E-state index contributed by atoms with van der Waals surface area (Å²) in [6.45, 7) is 6.07. The molecule has 4 nitrogen and oxygen atoms in total. The molecule has 0 saturated carbocycles. The van der Waals surface area contributed by atoms with E-state index in [1.807, 2.05) is 19.2 Å². The summed E-state index contributed by atoms with van der Waals surface area (Å²) in [6.07, 6.45) is 1.82. The number of nitrogens with zero attached hydrogens (tertiary/aromatic N) is 3. The number of nitrogens with two attached hydrogens (primary N) is 1. The van der Waals surface area contributed by atoms with Gasteiger partial charge in [0, 0.05) is 32.4 Å². The Hall–Kier alpha value is -1.20. The highest BCUT2D eigenvalue weighted by Gasteiger charge is 2.20. The molecule has 17 heavy (non-hydrogen) atoms. The van der Waals surface area contributed by atoms with Gasteiger partial charge in [-0.1, -0.05) is 12.2 Å². The number of hydrogen-bond acceptors (Lipinski definition) is 4. The van der Waals surface area contributed by atoms with Gasteiger partial charge < -0.3 is 15.5 Å². The van der Waals surface area contributed by atoms with Crippen LogP contribution in [0, 0.1) is 6.92 Å². The summed E-state index contributed by atoms with van der Waals surface area (Å²) in [6, 6.07) is 1.95. The van der Waals surface area contributed by atoms with E-state index in [2.05, 4.69) is 21.8 Å². The van der Waals surface area contributed by atoms with Gasteiger partial charge in [0.25, 0.3) is 0 Å². The van der Waals surface area contributed by atoms with Crippen molar-refractivity contribution < 1.29 is 0 Å². The fourth-order valence-corrected chi connectivity index (χ4v) is 2.36. The van der Waals surface area contributed by atoms with Crippen LogP contribution in [0.2, 0.25) is 0 Å². The van der Waals surface area contributed by atoms with Gasteiger partial charge in [0.15, 0.2) is 0 Å². The lowest BCUT2D eigenvalue weighted by molar-refractivity contribution is 0.312. The summed E-state index contributed by atoms with van der Waals surface area (Å²) in [5.41, 5.74) is 7.83. The van der Waals surface area contributed by atoms with Crippen LogP contribution in [0.4, 0.5) is 5.82 Å². The normalized spacial score (nSPS) is 17.2. The second kappa shape index (κ2) is 4.98. The van der Waals surface area contributed by atoms with Crippen molar-refractivity contribution in [2.45, 2.75) is 6.92 Å². The standard InChI is InChI=1S/C12H18N4S/c1-9-3-4-14-12(10(9)11(13)17)16-7-5-15(2)6-8-16/h3-4H,5-8H2,1-2H3,(H2,13,17). The molecule has 1 fully saturated rings.